The number of rotatable bonds is 5. The van der Waals surface area contributed by atoms with Crippen molar-refractivity contribution in [1.29, 1.82) is 0 Å². The lowest BCUT2D eigenvalue weighted by Gasteiger charge is -2.31. The molecule has 2 aromatic heterocycles. The number of fused-ring (bicyclic) bond motifs is 3. The van der Waals surface area contributed by atoms with Crippen molar-refractivity contribution in [3.05, 3.63) is 75.2 Å². The number of hydrogen-bond acceptors (Lipinski definition) is 5. The van der Waals surface area contributed by atoms with E-state index in [-0.39, 0.29) is 24.1 Å². The van der Waals surface area contributed by atoms with Crippen molar-refractivity contribution in [3.63, 3.8) is 0 Å². The Labute approximate surface area is 201 Å². The first kappa shape index (κ1) is 22.5. The maximum absolute atomic E-state index is 13.6. The monoisotopic (exact) mass is 479 g/mol. The van der Waals surface area contributed by atoms with Crippen molar-refractivity contribution in [1.82, 2.24) is 15.0 Å². The number of ether oxygens (including phenoxy) is 1. The first-order chi connectivity index (χ1) is 16.5. The Balaban J connectivity index is 1.34. The van der Waals surface area contributed by atoms with E-state index >= 15 is 0 Å². The Bertz CT molecular complexity index is 1400. The van der Waals surface area contributed by atoms with Gasteiger partial charge in [-0.15, -0.1) is 0 Å². The summed E-state index contributed by atoms with van der Waals surface area (Å²) in [6.07, 6.45) is 3.17. The number of halogens is 1. The van der Waals surface area contributed by atoms with Crippen LogP contribution in [0.25, 0.3) is 21.9 Å². The summed E-state index contributed by atoms with van der Waals surface area (Å²) in [7, 11) is 0. The number of nitrogens with zero attached hydrogens (tertiary/aromatic N) is 2. The van der Waals surface area contributed by atoms with Crippen LogP contribution in [0.5, 0.6) is 0 Å². The van der Waals surface area contributed by atoms with E-state index in [1.807, 2.05) is 47.0 Å². The number of pyridine rings is 1. The Morgan fingerprint density at radius 1 is 1.18 bits per heavy atom. The molecule has 1 fully saturated rings. The highest BCUT2D eigenvalue weighted by Crippen LogP contribution is 2.37. The van der Waals surface area contributed by atoms with E-state index in [0.29, 0.717) is 33.6 Å². The molecule has 7 nitrogen and oxygen atoms in total. The lowest BCUT2D eigenvalue weighted by molar-refractivity contribution is 0.135. The lowest BCUT2D eigenvalue weighted by Crippen LogP contribution is -2.35. The summed E-state index contributed by atoms with van der Waals surface area (Å²) in [5.74, 6) is 0.239. The molecule has 0 radical (unpaired) electrons. The summed E-state index contributed by atoms with van der Waals surface area (Å²) in [6, 6.07) is 15.1. The zero-order chi connectivity index (χ0) is 23.7. The summed E-state index contributed by atoms with van der Waals surface area (Å²) in [5, 5.41) is 8.64. The van der Waals surface area contributed by atoms with E-state index in [0.717, 1.165) is 36.8 Å². The Morgan fingerprint density at radius 3 is 2.82 bits per heavy atom. The predicted molar refractivity (Wildman–Crippen MR) is 131 cm³/mol. The van der Waals surface area contributed by atoms with Gasteiger partial charge >= 0.3 is 6.09 Å². The number of amides is 1. The SMILES string of the molecule is Cc1noc2c1c(=O)n(C1CCCC(CNC(=O)OCc3ccccc3)C1)c1cccc(Cl)c21. The van der Waals surface area contributed by atoms with Gasteiger partial charge in [-0.3, -0.25) is 4.79 Å². The highest BCUT2D eigenvalue weighted by Gasteiger charge is 2.28. The number of alkyl carbamates (subject to hydrolysis) is 1. The molecule has 4 aromatic rings. The van der Waals surface area contributed by atoms with Crippen LogP contribution in [0.15, 0.2) is 57.8 Å². The third kappa shape index (κ3) is 4.28. The van der Waals surface area contributed by atoms with Crippen molar-refractivity contribution in [2.75, 3.05) is 6.54 Å². The van der Waals surface area contributed by atoms with Crippen molar-refractivity contribution in [3.8, 4) is 0 Å². The molecule has 0 aliphatic heterocycles. The molecular formula is C26H26ClN3O4. The minimum Gasteiger partial charge on any atom is -0.445 e. The summed E-state index contributed by atoms with van der Waals surface area (Å²) >= 11 is 6.53. The summed E-state index contributed by atoms with van der Waals surface area (Å²) in [4.78, 5) is 25.8. The van der Waals surface area contributed by atoms with Gasteiger partial charge in [-0.1, -0.05) is 59.6 Å². The molecule has 34 heavy (non-hydrogen) atoms. The standard InChI is InChI=1S/C26H26ClN3O4/c1-16-22-24(34-29-16)23-20(27)11-6-12-21(23)30(25(22)31)19-10-5-9-18(13-19)14-28-26(32)33-15-17-7-3-2-4-8-17/h2-4,6-8,11-12,18-19H,5,9-10,13-15H2,1H3,(H,28,32). The van der Waals surface area contributed by atoms with Crippen molar-refractivity contribution in [2.45, 2.75) is 45.3 Å². The smallest absolute Gasteiger partial charge is 0.407 e. The molecule has 2 atom stereocenters. The van der Waals surface area contributed by atoms with Crippen LogP contribution in [0.3, 0.4) is 0 Å². The molecule has 0 bridgehead atoms. The summed E-state index contributed by atoms with van der Waals surface area (Å²) in [5.41, 5.74) is 2.59. The van der Waals surface area contributed by atoms with Gasteiger partial charge in [0.1, 0.15) is 12.0 Å². The summed E-state index contributed by atoms with van der Waals surface area (Å²) < 4.78 is 12.7. The molecule has 2 aromatic carbocycles. The fraction of sp³-hybridized carbons (Fsp3) is 0.346. The minimum atomic E-state index is -0.429. The average molecular weight is 480 g/mol. The molecule has 1 aliphatic rings. The fourth-order valence-corrected chi connectivity index (χ4v) is 5.26. The number of nitrogens with one attached hydrogen (secondary N) is 1. The van der Waals surface area contributed by atoms with Gasteiger partial charge in [0.25, 0.3) is 5.56 Å². The molecule has 8 heteroatoms. The largest absolute Gasteiger partial charge is 0.445 e. The molecule has 1 amide bonds. The van der Waals surface area contributed by atoms with Crippen molar-refractivity contribution in [2.24, 2.45) is 5.92 Å². The molecule has 1 N–H and O–H groups in total. The van der Waals surface area contributed by atoms with Crippen LogP contribution in [0, 0.1) is 12.8 Å². The molecule has 0 saturated heterocycles. The van der Waals surface area contributed by atoms with E-state index in [9.17, 15) is 9.59 Å². The number of aryl methyl sites for hydroxylation is 1. The van der Waals surface area contributed by atoms with Crippen molar-refractivity contribution >= 4 is 39.6 Å². The molecule has 1 aliphatic carbocycles. The van der Waals surface area contributed by atoms with Gasteiger partial charge in [-0.25, -0.2) is 4.79 Å². The normalized spacial score (nSPS) is 18.3. The second-order valence-electron chi connectivity index (χ2n) is 8.91. The molecule has 5 rings (SSSR count). The van der Waals surface area contributed by atoms with Crippen LogP contribution in [0.1, 0.15) is 43.0 Å². The number of carbonyl (C=O) groups excluding carboxylic acids is 1. The first-order valence-electron chi connectivity index (χ1n) is 11.6. The van der Waals surface area contributed by atoms with Crippen molar-refractivity contribution < 1.29 is 14.1 Å². The topological polar surface area (TPSA) is 86.4 Å². The van der Waals surface area contributed by atoms with Crippen LogP contribution >= 0.6 is 11.6 Å². The molecular weight excluding hydrogens is 454 g/mol. The van der Waals surface area contributed by atoms with Crippen LogP contribution in [-0.4, -0.2) is 22.4 Å². The highest BCUT2D eigenvalue weighted by molar-refractivity contribution is 6.37. The van der Waals surface area contributed by atoms with Crippen LogP contribution in [-0.2, 0) is 11.3 Å². The Morgan fingerprint density at radius 2 is 2.00 bits per heavy atom. The average Bonchev–Trinajstić information content (AvgIpc) is 3.24. The van der Waals surface area contributed by atoms with Gasteiger partial charge in [0.15, 0.2) is 5.58 Å². The summed E-state index contributed by atoms with van der Waals surface area (Å²) in [6.45, 7) is 2.52. The molecule has 2 heterocycles. The number of aromatic nitrogens is 2. The Hall–Kier alpha value is -3.32. The second kappa shape index (κ2) is 9.50. The van der Waals surface area contributed by atoms with Gasteiger partial charge in [0, 0.05) is 12.6 Å². The third-order valence-electron chi connectivity index (χ3n) is 6.64. The third-order valence-corrected chi connectivity index (χ3v) is 6.96. The van der Waals surface area contributed by atoms with Gasteiger partial charge in [0.05, 0.1) is 21.6 Å². The van der Waals surface area contributed by atoms with E-state index in [1.54, 1.807) is 13.0 Å². The number of hydrogen-bond donors (Lipinski definition) is 1. The first-order valence-corrected chi connectivity index (χ1v) is 11.9. The van der Waals surface area contributed by atoms with E-state index in [2.05, 4.69) is 10.5 Å². The molecule has 2 unspecified atom stereocenters. The number of benzene rings is 2. The zero-order valence-corrected chi connectivity index (χ0v) is 19.7. The zero-order valence-electron chi connectivity index (χ0n) is 18.9. The quantitative estimate of drug-likeness (QED) is 0.393. The number of carbonyl (C=O) groups is 1. The van der Waals surface area contributed by atoms with Crippen LogP contribution in [0.2, 0.25) is 5.02 Å². The fourth-order valence-electron chi connectivity index (χ4n) is 5.01. The maximum Gasteiger partial charge on any atom is 0.407 e. The van der Waals surface area contributed by atoms with Crippen LogP contribution < -0.4 is 10.9 Å². The van der Waals surface area contributed by atoms with Gasteiger partial charge in [0.2, 0.25) is 0 Å². The minimum absolute atomic E-state index is 0.00643. The van der Waals surface area contributed by atoms with Gasteiger partial charge in [-0.05, 0) is 49.8 Å². The van der Waals surface area contributed by atoms with E-state index in [1.165, 1.54) is 0 Å². The molecule has 0 spiro atoms. The highest BCUT2D eigenvalue weighted by atomic mass is 35.5. The van der Waals surface area contributed by atoms with Gasteiger partial charge in [-0.2, -0.15) is 0 Å². The van der Waals surface area contributed by atoms with Gasteiger partial charge < -0.3 is 19.1 Å². The molecule has 176 valence electrons. The molecule has 1 saturated carbocycles. The van der Waals surface area contributed by atoms with E-state index < -0.39 is 6.09 Å². The maximum atomic E-state index is 13.6. The second-order valence-corrected chi connectivity index (χ2v) is 9.32. The lowest BCUT2D eigenvalue weighted by atomic mass is 9.85. The van der Waals surface area contributed by atoms with E-state index in [4.69, 9.17) is 20.9 Å². The predicted octanol–water partition coefficient (Wildman–Crippen LogP) is 5.76. The Kier molecular flexibility index (Phi) is 6.28. The van der Waals surface area contributed by atoms with Crippen LogP contribution in [0.4, 0.5) is 4.79 Å².